The highest BCUT2D eigenvalue weighted by molar-refractivity contribution is 5.92. The van der Waals surface area contributed by atoms with Crippen molar-refractivity contribution in [3.63, 3.8) is 0 Å². The second-order valence-electron chi connectivity index (χ2n) is 4.48. The van der Waals surface area contributed by atoms with Crippen molar-refractivity contribution >= 4 is 17.8 Å². The number of carboxylic acid groups (broad SMARTS) is 1. The zero-order valence-electron chi connectivity index (χ0n) is 10.7. The molecule has 0 unspecified atom stereocenters. The summed E-state index contributed by atoms with van der Waals surface area (Å²) >= 11 is 0. The number of aliphatic carboxylic acids is 1. The van der Waals surface area contributed by atoms with Crippen LogP contribution in [0.4, 0.5) is 0 Å². The molecule has 0 radical (unpaired) electrons. The van der Waals surface area contributed by atoms with E-state index >= 15 is 0 Å². The van der Waals surface area contributed by atoms with Crippen LogP contribution in [0.3, 0.4) is 0 Å². The minimum absolute atomic E-state index is 0.0188. The van der Waals surface area contributed by atoms with Gasteiger partial charge in [-0.15, -0.1) is 0 Å². The molecule has 0 atom stereocenters. The summed E-state index contributed by atoms with van der Waals surface area (Å²) in [5.41, 5.74) is 0. The maximum absolute atomic E-state index is 11.8. The first-order valence-electron chi connectivity index (χ1n) is 6.32. The standard InChI is InChI=1S/C12H20N2O4/c1-2-6-13-8-11(16)14(9-10(13)15)7-4-3-5-12(17)18/h2-9H2,1H3,(H,17,18). The summed E-state index contributed by atoms with van der Waals surface area (Å²) in [6, 6.07) is 0. The normalized spacial score (nSPS) is 16.3. The molecule has 1 saturated heterocycles. The Morgan fingerprint density at radius 1 is 1.11 bits per heavy atom. The van der Waals surface area contributed by atoms with Crippen LogP contribution < -0.4 is 0 Å². The first kappa shape index (κ1) is 14.5. The molecular formula is C12H20N2O4. The Morgan fingerprint density at radius 2 is 1.67 bits per heavy atom. The van der Waals surface area contributed by atoms with Gasteiger partial charge in [0.25, 0.3) is 0 Å². The van der Waals surface area contributed by atoms with E-state index in [9.17, 15) is 14.4 Å². The summed E-state index contributed by atoms with van der Waals surface area (Å²) in [6.07, 6.45) is 2.11. The molecule has 6 heteroatoms. The second-order valence-corrected chi connectivity index (χ2v) is 4.48. The molecule has 1 rings (SSSR count). The molecule has 0 aromatic carbocycles. The van der Waals surface area contributed by atoms with Crippen LogP contribution in [-0.2, 0) is 14.4 Å². The number of amides is 2. The molecule has 18 heavy (non-hydrogen) atoms. The first-order chi connectivity index (χ1) is 8.54. The molecule has 102 valence electrons. The average molecular weight is 256 g/mol. The Balaban J connectivity index is 2.33. The van der Waals surface area contributed by atoms with Crippen LogP contribution in [0.15, 0.2) is 0 Å². The van der Waals surface area contributed by atoms with E-state index in [0.717, 1.165) is 6.42 Å². The van der Waals surface area contributed by atoms with Crippen LogP contribution in [0.25, 0.3) is 0 Å². The number of nitrogens with zero attached hydrogens (tertiary/aromatic N) is 2. The van der Waals surface area contributed by atoms with Crippen LogP contribution in [0.5, 0.6) is 0 Å². The first-order valence-corrected chi connectivity index (χ1v) is 6.32. The van der Waals surface area contributed by atoms with Crippen molar-refractivity contribution in [2.45, 2.75) is 32.6 Å². The lowest BCUT2D eigenvalue weighted by molar-refractivity contribution is -0.150. The van der Waals surface area contributed by atoms with E-state index in [1.807, 2.05) is 6.92 Å². The Morgan fingerprint density at radius 3 is 2.17 bits per heavy atom. The molecular weight excluding hydrogens is 236 g/mol. The van der Waals surface area contributed by atoms with E-state index in [4.69, 9.17) is 5.11 Å². The summed E-state index contributed by atoms with van der Waals surface area (Å²) in [7, 11) is 0. The van der Waals surface area contributed by atoms with Crippen LogP contribution in [0, 0.1) is 0 Å². The maximum atomic E-state index is 11.8. The van der Waals surface area contributed by atoms with Crippen molar-refractivity contribution < 1.29 is 19.5 Å². The minimum Gasteiger partial charge on any atom is -0.481 e. The second kappa shape index (κ2) is 6.98. The number of hydrogen-bond donors (Lipinski definition) is 1. The van der Waals surface area contributed by atoms with E-state index in [-0.39, 0.29) is 31.3 Å². The van der Waals surface area contributed by atoms with Crippen molar-refractivity contribution in [1.29, 1.82) is 0 Å². The summed E-state index contributed by atoms with van der Waals surface area (Å²) in [4.78, 5) is 36.9. The summed E-state index contributed by atoms with van der Waals surface area (Å²) in [5.74, 6) is -0.891. The summed E-state index contributed by atoms with van der Waals surface area (Å²) in [5, 5.41) is 8.50. The minimum atomic E-state index is -0.829. The zero-order valence-corrected chi connectivity index (χ0v) is 10.7. The van der Waals surface area contributed by atoms with Gasteiger partial charge in [0.2, 0.25) is 11.8 Å². The smallest absolute Gasteiger partial charge is 0.303 e. The van der Waals surface area contributed by atoms with Gasteiger partial charge in [-0.3, -0.25) is 14.4 Å². The molecule has 1 aliphatic rings. The third-order valence-corrected chi connectivity index (χ3v) is 2.92. The third-order valence-electron chi connectivity index (χ3n) is 2.92. The fraction of sp³-hybridized carbons (Fsp3) is 0.750. The van der Waals surface area contributed by atoms with Gasteiger partial charge in [-0.05, 0) is 19.3 Å². The third kappa shape index (κ3) is 4.35. The van der Waals surface area contributed by atoms with E-state index < -0.39 is 5.97 Å². The molecule has 2 amide bonds. The zero-order chi connectivity index (χ0) is 13.5. The van der Waals surface area contributed by atoms with Crippen LogP contribution >= 0.6 is 0 Å². The molecule has 0 aromatic rings. The van der Waals surface area contributed by atoms with Gasteiger partial charge in [0.15, 0.2) is 0 Å². The molecule has 0 aliphatic carbocycles. The Hall–Kier alpha value is -1.59. The molecule has 1 N–H and O–H groups in total. The Kier molecular flexibility index (Phi) is 5.61. The summed E-state index contributed by atoms with van der Waals surface area (Å²) < 4.78 is 0. The summed E-state index contributed by atoms with van der Waals surface area (Å²) in [6.45, 7) is 3.35. The molecule has 0 aromatic heterocycles. The van der Waals surface area contributed by atoms with Gasteiger partial charge < -0.3 is 14.9 Å². The Labute approximate surface area is 107 Å². The predicted molar refractivity (Wildman–Crippen MR) is 64.9 cm³/mol. The monoisotopic (exact) mass is 256 g/mol. The fourth-order valence-corrected chi connectivity index (χ4v) is 1.96. The largest absolute Gasteiger partial charge is 0.481 e. The molecule has 1 aliphatic heterocycles. The van der Waals surface area contributed by atoms with Gasteiger partial charge in [0, 0.05) is 19.5 Å². The Bertz CT molecular complexity index is 330. The molecule has 1 fully saturated rings. The van der Waals surface area contributed by atoms with Crippen molar-refractivity contribution in [2.24, 2.45) is 0 Å². The van der Waals surface area contributed by atoms with Crippen LogP contribution in [-0.4, -0.2) is 58.9 Å². The van der Waals surface area contributed by atoms with Crippen molar-refractivity contribution in [2.75, 3.05) is 26.2 Å². The number of carbonyl (C=O) groups excluding carboxylic acids is 2. The van der Waals surface area contributed by atoms with Crippen molar-refractivity contribution in [1.82, 2.24) is 9.80 Å². The molecule has 0 bridgehead atoms. The SMILES string of the molecule is CCCN1CC(=O)N(CCCCC(=O)O)CC1=O. The lowest BCUT2D eigenvalue weighted by Gasteiger charge is -2.33. The topological polar surface area (TPSA) is 77.9 Å². The van der Waals surface area contributed by atoms with Crippen molar-refractivity contribution in [3.05, 3.63) is 0 Å². The molecule has 1 heterocycles. The van der Waals surface area contributed by atoms with E-state index in [1.54, 1.807) is 4.90 Å². The average Bonchev–Trinajstić information content (AvgIpc) is 2.30. The lowest BCUT2D eigenvalue weighted by Crippen LogP contribution is -2.53. The van der Waals surface area contributed by atoms with Crippen LogP contribution in [0.2, 0.25) is 0 Å². The maximum Gasteiger partial charge on any atom is 0.303 e. The molecule has 6 nitrogen and oxygen atoms in total. The van der Waals surface area contributed by atoms with Gasteiger partial charge in [0.1, 0.15) is 0 Å². The van der Waals surface area contributed by atoms with Crippen molar-refractivity contribution in [3.8, 4) is 0 Å². The highest BCUT2D eigenvalue weighted by Gasteiger charge is 2.28. The van der Waals surface area contributed by atoms with Gasteiger partial charge in [-0.1, -0.05) is 6.92 Å². The highest BCUT2D eigenvalue weighted by Crippen LogP contribution is 2.07. The van der Waals surface area contributed by atoms with E-state index in [2.05, 4.69) is 0 Å². The number of piperazine rings is 1. The van der Waals surface area contributed by atoms with Gasteiger partial charge in [-0.25, -0.2) is 0 Å². The van der Waals surface area contributed by atoms with Gasteiger partial charge >= 0.3 is 5.97 Å². The lowest BCUT2D eigenvalue weighted by atomic mass is 10.2. The predicted octanol–water partition coefficient (Wildman–Crippen LogP) is 0.322. The number of unbranched alkanes of at least 4 members (excludes halogenated alkanes) is 1. The van der Waals surface area contributed by atoms with E-state index in [0.29, 0.717) is 25.9 Å². The number of hydrogen-bond acceptors (Lipinski definition) is 3. The highest BCUT2D eigenvalue weighted by atomic mass is 16.4. The number of carboxylic acids is 1. The quantitative estimate of drug-likeness (QED) is 0.665. The number of rotatable bonds is 7. The fourth-order valence-electron chi connectivity index (χ4n) is 1.96. The van der Waals surface area contributed by atoms with Gasteiger partial charge in [0.05, 0.1) is 13.1 Å². The van der Waals surface area contributed by atoms with Crippen LogP contribution in [0.1, 0.15) is 32.6 Å². The molecule has 0 spiro atoms. The van der Waals surface area contributed by atoms with E-state index in [1.165, 1.54) is 4.90 Å². The van der Waals surface area contributed by atoms with Gasteiger partial charge in [-0.2, -0.15) is 0 Å². The molecule has 0 saturated carbocycles. The number of carbonyl (C=O) groups is 3.